The number of amidine groups is 1. The van der Waals surface area contributed by atoms with E-state index in [1.807, 2.05) is 0 Å². The molecule has 0 atom stereocenters. The van der Waals surface area contributed by atoms with Crippen molar-refractivity contribution in [1.82, 2.24) is 5.32 Å². The van der Waals surface area contributed by atoms with E-state index in [1.54, 1.807) is 12.1 Å². The average Bonchev–Trinajstić information content (AvgIpc) is 2.61. The molecule has 1 aliphatic heterocycles. The highest BCUT2D eigenvalue weighted by molar-refractivity contribution is 6.42. The van der Waals surface area contributed by atoms with Gasteiger partial charge in [-0.05, 0) is 37.1 Å². The molecule has 0 saturated carbocycles. The number of amides is 1. The van der Waals surface area contributed by atoms with Gasteiger partial charge in [-0.15, -0.1) is 0 Å². The van der Waals surface area contributed by atoms with Crippen molar-refractivity contribution in [2.45, 2.75) is 12.8 Å². The lowest BCUT2D eigenvalue weighted by molar-refractivity contribution is -0.110. The maximum atomic E-state index is 11.8. The Balaban J connectivity index is 2.00. The van der Waals surface area contributed by atoms with E-state index in [9.17, 15) is 4.79 Å². The first kappa shape index (κ1) is 11.4. The van der Waals surface area contributed by atoms with Crippen LogP contribution in [0.25, 0.3) is 0 Å². The average molecular weight is 233 g/mol. The highest BCUT2D eigenvalue weighted by Crippen LogP contribution is 2.13. The molecule has 0 fully saturated rings. The number of hydrogen-bond donors (Lipinski definition) is 3. The smallest absolute Gasteiger partial charge is 0.290 e. The first-order valence-electron chi connectivity index (χ1n) is 5.64. The van der Waals surface area contributed by atoms with Crippen LogP contribution < -0.4 is 10.6 Å². The van der Waals surface area contributed by atoms with Crippen LogP contribution in [0.4, 0.5) is 5.69 Å². The number of nitrogens with one attached hydrogen (secondary N) is 2. The molecule has 5 nitrogen and oxygen atoms in total. The van der Waals surface area contributed by atoms with E-state index in [2.05, 4.69) is 15.6 Å². The van der Waals surface area contributed by atoms with Crippen molar-refractivity contribution in [3.05, 3.63) is 24.3 Å². The molecule has 1 aliphatic rings. The Hall–Kier alpha value is -2.04. The van der Waals surface area contributed by atoms with Gasteiger partial charge in [-0.1, -0.05) is 0 Å². The van der Waals surface area contributed by atoms with Gasteiger partial charge >= 0.3 is 0 Å². The third-order valence-corrected chi connectivity index (χ3v) is 2.49. The fourth-order valence-corrected chi connectivity index (χ4v) is 1.58. The first-order valence-corrected chi connectivity index (χ1v) is 5.64. The van der Waals surface area contributed by atoms with Crippen LogP contribution in [-0.4, -0.2) is 29.9 Å². The molecule has 1 aromatic rings. The van der Waals surface area contributed by atoms with E-state index < -0.39 is 0 Å². The van der Waals surface area contributed by atoms with E-state index in [0.29, 0.717) is 18.1 Å². The summed E-state index contributed by atoms with van der Waals surface area (Å²) in [6.45, 7) is 1.47. The standard InChI is InChI=1S/C12H15N3O2/c16-10-5-3-9(4-6-10)15-12(17)11-13-7-1-2-8-14-11/h3-6,16H,1-2,7-8H2,(H,13,14)(H,15,17). The second-order valence-corrected chi connectivity index (χ2v) is 3.87. The summed E-state index contributed by atoms with van der Waals surface area (Å²) in [5, 5.41) is 14.9. The van der Waals surface area contributed by atoms with Gasteiger partial charge in [0.2, 0.25) is 0 Å². The van der Waals surface area contributed by atoms with Crippen LogP contribution >= 0.6 is 0 Å². The Morgan fingerprint density at radius 3 is 2.82 bits per heavy atom. The molecule has 17 heavy (non-hydrogen) atoms. The molecule has 0 saturated heterocycles. The number of aromatic hydroxyl groups is 1. The third kappa shape index (κ3) is 3.21. The van der Waals surface area contributed by atoms with Gasteiger partial charge in [-0.3, -0.25) is 9.79 Å². The number of rotatable bonds is 2. The summed E-state index contributed by atoms with van der Waals surface area (Å²) in [7, 11) is 0. The molecule has 90 valence electrons. The summed E-state index contributed by atoms with van der Waals surface area (Å²) in [6.07, 6.45) is 2.03. The third-order valence-electron chi connectivity index (χ3n) is 2.49. The molecule has 1 amide bonds. The fourth-order valence-electron chi connectivity index (χ4n) is 1.58. The topological polar surface area (TPSA) is 73.7 Å². The number of phenolic OH excluding ortho intramolecular Hbond substituents is 1. The Morgan fingerprint density at radius 1 is 1.29 bits per heavy atom. The van der Waals surface area contributed by atoms with Crippen molar-refractivity contribution in [3.8, 4) is 5.75 Å². The number of carbonyl (C=O) groups is 1. The minimum atomic E-state index is -0.238. The Labute approximate surface area is 99.6 Å². The molecule has 0 aromatic heterocycles. The van der Waals surface area contributed by atoms with Gasteiger partial charge in [-0.25, -0.2) is 0 Å². The number of hydrogen-bond acceptors (Lipinski definition) is 4. The second-order valence-electron chi connectivity index (χ2n) is 3.87. The van der Waals surface area contributed by atoms with E-state index >= 15 is 0 Å². The van der Waals surface area contributed by atoms with Gasteiger partial charge in [0, 0.05) is 18.8 Å². The van der Waals surface area contributed by atoms with E-state index in [1.165, 1.54) is 12.1 Å². The zero-order chi connectivity index (χ0) is 12.1. The summed E-state index contributed by atoms with van der Waals surface area (Å²) >= 11 is 0. The highest BCUT2D eigenvalue weighted by Gasteiger charge is 2.12. The molecule has 0 aliphatic carbocycles. The fraction of sp³-hybridized carbons (Fsp3) is 0.333. The Kier molecular flexibility index (Phi) is 3.59. The normalized spacial score (nSPS) is 15.4. The largest absolute Gasteiger partial charge is 0.508 e. The molecule has 1 heterocycles. The molecular weight excluding hydrogens is 218 g/mol. The van der Waals surface area contributed by atoms with Gasteiger partial charge in [0.25, 0.3) is 5.91 Å². The van der Waals surface area contributed by atoms with E-state index in [4.69, 9.17) is 5.11 Å². The van der Waals surface area contributed by atoms with Crippen molar-refractivity contribution in [3.63, 3.8) is 0 Å². The number of carbonyl (C=O) groups excluding carboxylic acids is 1. The van der Waals surface area contributed by atoms with Crippen LogP contribution in [0.3, 0.4) is 0 Å². The highest BCUT2D eigenvalue weighted by atomic mass is 16.3. The monoisotopic (exact) mass is 233 g/mol. The first-order chi connectivity index (χ1) is 8.25. The molecule has 0 radical (unpaired) electrons. The van der Waals surface area contributed by atoms with Crippen LogP contribution in [0, 0.1) is 0 Å². The van der Waals surface area contributed by atoms with Crippen molar-refractivity contribution in [2.75, 3.05) is 18.4 Å². The molecule has 1 aromatic carbocycles. The second kappa shape index (κ2) is 5.34. The maximum Gasteiger partial charge on any atom is 0.290 e. The van der Waals surface area contributed by atoms with Gasteiger partial charge in [0.1, 0.15) is 5.75 Å². The van der Waals surface area contributed by atoms with Crippen molar-refractivity contribution in [1.29, 1.82) is 0 Å². The Morgan fingerprint density at radius 2 is 2.06 bits per heavy atom. The van der Waals surface area contributed by atoms with Crippen LogP contribution in [-0.2, 0) is 4.79 Å². The SMILES string of the molecule is O=C(Nc1ccc(O)cc1)C1=NCCCCN1. The summed E-state index contributed by atoms with van der Waals surface area (Å²) in [5.74, 6) is 0.320. The quantitative estimate of drug-likeness (QED) is 0.670. The van der Waals surface area contributed by atoms with Gasteiger partial charge < -0.3 is 15.7 Å². The summed E-state index contributed by atoms with van der Waals surface area (Å²) in [6, 6.07) is 6.34. The molecular formula is C12H15N3O2. The van der Waals surface area contributed by atoms with Crippen molar-refractivity contribution in [2.24, 2.45) is 4.99 Å². The molecule has 0 spiro atoms. The van der Waals surface area contributed by atoms with E-state index in [0.717, 1.165) is 19.4 Å². The van der Waals surface area contributed by atoms with Crippen LogP contribution in [0.2, 0.25) is 0 Å². The maximum absolute atomic E-state index is 11.8. The molecule has 0 bridgehead atoms. The van der Waals surface area contributed by atoms with Gasteiger partial charge in [0.05, 0.1) is 0 Å². The number of aliphatic imine (C=N–C) groups is 1. The van der Waals surface area contributed by atoms with Crippen LogP contribution in [0.5, 0.6) is 5.75 Å². The zero-order valence-electron chi connectivity index (χ0n) is 9.44. The molecule has 5 heteroatoms. The molecule has 2 rings (SSSR count). The summed E-state index contributed by atoms with van der Waals surface area (Å²) < 4.78 is 0. The van der Waals surface area contributed by atoms with Crippen molar-refractivity contribution >= 4 is 17.4 Å². The predicted molar refractivity (Wildman–Crippen MR) is 66.3 cm³/mol. The molecule has 3 N–H and O–H groups in total. The van der Waals surface area contributed by atoms with Gasteiger partial charge in [-0.2, -0.15) is 0 Å². The number of benzene rings is 1. The lowest BCUT2D eigenvalue weighted by Crippen LogP contribution is -2.35. The van der Waals surface area contributed by atoms with Gasteiger partial charge in [0.15, 0.2) is 5.84 Å². The lowest BCUT2D eigenvalue weighted by atomic mass is 10.3. The zero-order valence-corrected chi connectivity index (χ0v) is 9.44. The Bertz CT molecular complexity index is 426. The van der Waals surface area contributed by atoms with Crippen LogP contribution in [0.1, 0.15) is 12.8 Å². The summed E-state index contributed by atoms with van der Waals surface area (Å²) in [4.78, 5) is 16.0. The predicted octanol–water partition coefficient (Wildman–Crippen LogP) is 1.11. The van der Waals surface area contributed by atoms with E-state index in [-0.39, 0.29) is 11.7 Å². The van der Waals surface area contributed by atoms with Crippen molar-refractivity contribution < 1.29 is 9.90 Å². The minimum absolute atomic E-state index is 0.174. The minimum Gasteiger partial charge on any atom is -0.508 e. The lowest BCUT2D eigenvalue weighted by Gasteiger charge is -2.08. The van der Waals surface area contributed by atoms with Crippen LogP contribution in [0.15, 0.2) is 29.3 Å². The summed E-state index contributed by atoms with van der Waals surface area (Å²) in [5.41, 5.74) is 0.640. The number of nitrogens with zero attached hydrogens (tertiary/aromatic N) is 1. The molecule has 0 unspecified atom stereocenters. The number of phenols is 1. The number of anilines is 1.